The molecular weight excluding hydrogens is 260 g/mol. The lowest BCUT2D eigenvalue weighted by Crippen LogP contribution is -2.38. The Balaban J connectivity index is 1.69. The summed E-state index contributed by atoms with van der Waals surface area (Å²) >= 11 is 0. The number of carbonyl (C=O) groups is 1. The molecule has 1 aromatic rings. The van der Waals surface area contributed by atoms with Gasteiger partial charge in [-0.05, 0) is 13.0 Å². The summed E-state index contributed by atoms with van der Waals surface area (Å²) in [6.07, 6.45) is 3.77. The van der Waals surface area contributed by atoms with E-state index in [2.05, 4.69) is 25.6 Å². The van der Waals surface area contributed by atoms with Gasteiger partial charge in [0.15, 0.2) is 5.82 Å². The third-order valence-corrected chi connectivity index (χ3v) is 3.06. The van der Waals surface area contributed by atoms with E-state index in [-0.39, 0.29) is 11.6 Å². The number of amides is 1. The fourth-order valence-electron chi connectivity index (χ4n) is 1.96. The van der Waals surface area contributed by atoms with E-state index >= 15 is 0 Å². The fourth-order valence-corrected chi connectivity index (χ4v) is 1.96. The maximum atomic E-state index is 11.8. The van der Waals surface area contributed by atoms with Crippen LogP contribution in [-0.2, 0) is 4.74 Å². The molecule has 20 heavy (non-hydrogen) atoms. The largest absolute Gasteiger partial charge is 0.379 e. The van der Waals surface area contributed by atoms with Crippen LogP contribution in [0, 0.1) is 0 Å². The average Bonchev–Trinajstić information content (AvgIpc) is 2.52. The number of nitrogens with zero attached hydrogens (tertiary/aromatic N) is 3. The molecular formula is C12H20N6O2. The Morgan fingerprint density at radius 1 is 1.40 bits per heavy atom. The van der Waals surface area contributed by atoms with Gasteiger partial charge in [0.25, 0.3) is 5.91 Å². The quantitative estimate of drug-likeness (QED) is 0.356. The van der Waals surface area contributed by atoms with Gasteiger partial charge in [-0.15, -0.1) is 0 Å². The summed E-state index contributed by atoms with van der Waals surface area (Å²) in [5.41, 5.74) is 2.62. The molecule has 0 unspecified atom stereocenters. The van der Waals surface area contributed by atoms with Gasteiger partial charge in [-0.25, -0.2) is 10.8 Å². The number of carbonyl (C=O) groups excluding carboxylic acids is 1. The molecule has 1 amide bonds. The monoisotopic (exact) mass is 280 g/mol. The maximum absolute atomic E-state index is 11.8. The standard InChI is InChI=1S/C12H20N6O2/c13-17-11-9-14-8-10(16-11)12(19)15-2-1-3-18-4-6-20-7-5-18/h8-9H,1-7,13H2,(H,15,19)(H,16,17). The third kappa shape index (κ3) is 4.41. The molecule has 0 radical (unpaired) electrons. The predicted molar refractivity (Wildman–Crippen MR) is 74.1 cm³/mol. The Hall–Kier alpha value is -1.77. The predicted octanol–water partition coefficient (Wildman–Crippen LogP) is -0.786. The Bertz CT molecular complexity index is 436. The van der Waals surface area contributed by atoms with Crippen molar-refractivity contribution in [2.24, 2.45) is 5.84 Å². The minimum absolute atomic E-state index is 0.239. The Kier molecular flexibility index (Phi) is 5.66. The molecule has 0 bridgehead atoms. The zero-order valence-corrected chi connectivity index (χ0v) is 11.3. The molecule has 0 spiro atoms. The van der Waals surface area contributed by atoms with Crippen LogP contribution in [0.5, 0.6) is 0 Å². The number of anilines is 1. The van der Waals surface area contributed by atoms with E-state index in [9.17, 15) is 4.79 Å². The molecule has 1 aromatic heterocycles. The van der Waals surface area contributed by atoms with Crippen LogP contribution in [0.1, 0.15) is 16.9 Å². The SMILES string of the molecule is NNc1cncc(C(=O)NCCCN2CCOCC2)n1. The second-order valence-electron chi connectivity index (χ2n) is 4.50. The van der Waals surface area contributed by atoms with Crippen LogP contribution in [0.2, 0.25) is 0 Å². The van der Waals surface area contributed by atoms with Gasteiger partial charge in [-0.3, -0.25) is 14.7 Å². The van der Waals surface area contributed by atoms with Crippen molar-refractivity contribution in [1.29, 1.82) is 0 Å². The van der Waals surface area contributed by atoms with Crippen molar-refractivity contribution in [2.75, 3.05) is 44.8 Å². The smallest absolute Gasteiger partial charge is 0.271 e. The van der Waals surface area contributed by atoms with Crippen LogP contribution < -0.4 is 16.6 Å². The molecule has 4 N–H and O–H groups in total. The highest BCUT2D eigenvalue weighted by atomic mass is 16.5. The molecule has 0 aliphatic carbocycles. The average molecular weight is 280 g/mol. The van der Waals surface area contributed by atoms with Gasteiger partial charge >= 0.3 is 0 Å². The molecule has 1 saturated heterocycles. The molecule has 0 atom stereocenters. The van der Waals surface area contributed by atoms with E-state index in [1.807, 2.05) is 0 Å². The molecule has 8 nitrogen and oxygen atoms in total. The van der Waals surface area contributed by atoms with Crippen molar-refractivity contribution in [2.45, 2.75) is 6.42 Å². The van der Waals surface area contributed by atoms with Crippen LogP contribution in [0.4, 0.5) is 5.82 Å². The van der Waals surface area contributed by atoms with Crippen LogP contribution >= 0.6 is 0 Å². The van der Waals surface area contributed by atoms with Crippen LogP contribution in [-0.4, -0.2) is 60.2 Å². The molecule has 1 aliphatic rings. The van der Waals surface area contributed by atoms with Crippen molar-refractivity contribution in [3.05, 3.63) is 18.1 Å². The summed E-state index contributed by atoms with van der Waals surface area (Å²) in [6, 6.07) is 0. The van der Waals surface area contributed by atoms with Gasteiger partial charge in [0, 0.05) is 19.6 Å². The number of hydrogen-bond donors (Lipinski definition) is 3. The fraction of sp³-hybridized carbons (Fsp3) is 0.583. The number of nitrogens with one attached hydrogen (secondary N) is 2. The molecule has 2 heterocycles. The second-order valence-corrected chi connectivity index (χ2v) is 4.50. The van der Waals surface area contributed by atoms with Gasteiger partial charge in [-0.2, -0.15) is 0 Å². The molecule has 1 fully saturated rings. The first-order valence-corrected chi connectivity index (χ1v) is 6.66. The summed E-state index contributed by atoms with van der Waals surface area (Å²) in [5.74, 6) is 5.35. The Morgan fingerprint density at radius 2 is 2.20 bits per heavy atom. The van der Waals surface area contributed by atoms with Gasteiger partial charge in [0.2, 0.25) is 0 Å². The normalized spacial score (nSPS) is 15.8. The number of nitrogens with two attached hydrogens (primary N) is 1. The first kappa shape index (κ1) is 14.6. The van der Waals surface area contributed by atoms with Gasteiger partial charge in [0.05, 0.1) is 25.6 Å². The number of aromatic nitrogens is 2. The minimum atomic E-state index is -0.239. The van der Waals surface area contributed by atoms with Crippen molar-refractivity contribution >= 4 is 11.7 Å². The van der Waals surface area contributed by atoms with Gasteiger partial charge < -0.3 is 15.5 Å². The van der Waals surface area contributed by atoms with Crippen LogP contribution in [0.15, 0.2) is 12.4 Å². The lowest BCUT2D eigenvalue weighted by atomic mass is 10.3. The summed E-state index contributed by atoms with van der Waals surface area (Å²) in [7, 11) is 0. The maximum Gasteiger partial charge on any atom is 0.271 e. The molecule has 1 aliphatic heterocycles. The molecule has 0 aromatic carbocycles. The highest BCUT2D eigenvalue weighted by Crippen LogP contribution is 2.00. The highest BCUT2D eigenvalue weighted by molar-refractivity contribution is 5.92. The highest BCUT2D eigenvalue weighted by Gasteiger charge is 2.11. The van der Waals surface area contributed by atoms with Crippen molar-refractivity contribution in [3.63, 3.8) is 0 Å². The molecule has 0 saturated carbocycles. The number of morpholine rings is 1. The number of nitrogen functional groups attached to an aromatic ring is 1. The first-order chi connectivity index (χ1) is 9.79. The van der Waals surface area contributed by atoms with Crippen LogP contribution in [0.25, 0.3) is 0 Å². The zero-order chi connectivity index (χ0) is 14.2. The van der Waals surface area contributed by atoms with E-state index in [1.165, 1.54) is 12.4 Å². The number of ether oxygens (including phenoxy) is 1. The summed E-state index contributed by atoms with van der Waals surface area (Å²) in [5, 5.41) is 2.82. The van der Waals surface area contributed by atoms with E-state index < -0.39 is 0 Å². The third-order valence-electron chi connectivity index (χ3n) is 3.06. The van der Waals surface area contributed by atoms with E-state index in [1.54, 1.807) is 0 Å². The lowest BCUT2D eigenvalue weighted by molar-refractivity contribution is 0.0374. The van der Waals surface area contributed by atoms with E-state index in [0.29, 0.717) is 12.4 Å². The number of hydrogen-bond acceptors (Lipinski definition) is 7. The summed E-state index contributed by atoms with van der Waals surface area (Å²) in [6.45, 7) is 5.08. The second kappa shape index (κ2) is 7.73. The Labute approximate surface area is 117 Å². The minimum Gasteiger partial charge on any atom is -0.379 e. The van der Waals surface area contributed by atoms with Crippen molar-refractivity contribution in [1.82, 2.24) is 20.2 Å². The molecule has 8 heteroatoms. The van der Waals surface area contributed by atoms with Gasteiger partial charge in [0.1, 0.15) is 5.69 Å². The molecule has 110 valence electrons. The van der Waals surface area contributed by atoms with E-state index in [4.69, 9.17) is 10.6 Å². The van der Waals surface area contributed by atoms with Crippen molar-refractivity contribution < 1.29 is 9.53 Å². The van der Waals surface area contributed by atoms with E-state index in [0.717, 1.165) is 39.3 Å². The van der Waals surface area contributed by atoms with Crippen molar-refractivity contribution in [3.8, 4) is 0 Å². The number of rotatable bonds is 6. The summed E-state index contributed by atoms with van der Waals surface area (Å²) < 4.78 is 5.28. The zero-order valence-electron chi connectivity index (χ0n) is 11.3. The topological polar surface area (TPSA) is 105 Å². The first-order valence-electron chi connectivity index (χ1n) is 6.66. The number of hydrazine groups is 1. The Morgan fingerprint density at radius 3 is 2.95 bits per heavy atom. The lowest BCUT2D eigenvalue weighted by Gasteiger charge is -2.26. The van der Waals surface area contributed by atoms with Gasteiger partial charge in [-0.1, -0.05) is 0 Å². The van der Waals surface area contributed by atoms with Crippen LogP contribution in [0.3, 0.4) is 0 Å². The molecule has 2 rings (SSSR count). The summed E-state index contributed by atoms with van der Waals surface area (Å²) in [4.78, 5) is 22.1.